The maximum Gasteiger partial charge on any atom is 0.221 e. The fraction of sp³-hybridized carbons (Fsp3) is 0.538. The lowest BCUT2D eigenvalue weighted by Gasteiger charge is -2.10. The lowest BCUT2D eigenvalue weighted by atomic mass is 10.2. The summed E-state index contributed by atoms with van der Waals surface area (Å²) in [6.07, 6.45) is 2.20. The molecule has 0 aliphatic heterocycles. The van der Waals surface area contributed by atoms with Crippen LogP contribution in [0.15, 0.2) is 16.7 Å². The number of hydrogen-bond acceptors (Lipinski definition) is 3. The van der Waals surface area contributed by atoms with Gasteiger partial charge in [0.2, 0.25) is 5.91 Å². The number of anilines is 1. The molecular weight excluding hydrogens is 294 g/mol. The normalized spacial score (nSPS) is 10.5. The van der Waals surface area contributed by atoms with Gasteiger partial charge in [-0.3, -0.25) is 4.79 Å². The number of rotatable bonds is 6. The zero-order valence-corrected chi connectivity index (χ0v) is 12.7. The minimum absolute atomic E-state index is 0.0694. The average molecular weight is 314 g/mol. The summed E-state index contributed by atoms with van der Waals surface area (Å²) < 4.78 is 0.951. The van der Waals surface area contributed by atoms with Crippen molar-refractivity contribution in [1.29, 1.82) is 0 Å². The van der Waals surface area contributed by atoms with Crippen LogP contribution in [-0.4, -0.2) is 24.0 Å². The number of carbonyl (C=O) groups excluding carboxylic acids is 1. The van der Waals surface area contributed by atoms with Crippen LogP contribution in [0, 0.1) is 12.8 Å². The fourth-order valence-corrected chi connectivity index (χ4v) is 1.74. The summed E-state index contributed by atoms with van der Waals surface area (Å²) in [5, 5.41) is 6.04. The van der Waals surface area contributed by atoms with Gasteiger partial charge in [0.1, 0.15) is 5.82 Å². The van der Waals surface area contributed by atoms with Crippen molar-refractivity contribution in [3.05, 3.63) is 22.3 Å². The highest BCUT2D eigenvalue weighted by molar-refractivity contribution is 9.10. The van der Waals surface area contributed by atoms with Gasteiger partial charge in [0, 0.05) is 25.7 Å². The molecule has 0 fully saturated rings. The summed E-state index contributed by atoms with van der Waals surface area (Å²) in [5.74, 6) is 1.33. The summed E-state index contributed by atoms with van der Waals surface area (Å²) in [6.45, 7) is 7.47. The second-order valence-electron chi connectivity index (χ2n) is 4.67. The first kappa shape index (κ1) is 15.0. The van der Waals surface area contributed by atoms with E-state index in [9.17, 15) is 4.79 Å². The third-order valence-corrected chi connectivity index (χ3v) is 3.44. The van der Waals surface area contributed by atoms with Crippen molar-refractivity contribution in [1.82, 2.24) is 10.3 Å². The molecule has 1 rings (SSSR count). The van der Waals surface area contributed by atoms with Crippen LogP contribution in [-0.2, 0) is 4.79 Å². The van der Waals surface area contributed by atoms with Gasteiger partial charge < -0.3 is 10.6 Å². The molecule has 0 atom stereocenters. The Bertz CT molecular complexity index is 407. The van der Waals surface area contributed by atoms with E-state index >= 15 is 0 Å². The van der Waals surface area contributed by atoms with Gasteiger partial charge in [-0.15, -0.1) is 0 Å². The Morgan fingerprint density at radius 2 is 2.22 bits per heavy atom. The highest BCUT2D eigenvalue weighted by atomic mass is 79.9. The van der Waals surface area contributed by atoms with Crippen LogP contribution in [0.1, 0.15) is 25.8 Å². The number of aryl methyl sites for hydroxylation is 1. The van der Waals surface area contributed by atoms with Gasteiger partial charge in [-0.25, -0.2) is 4.98 Å². The van der Waals surface area contributed by atoms with E-state index in [1.54, 1.807) is 6.20 Å². The minimum Gasteiger partial charge on any atom is -0.369 e. The van der Waals surface area contributed by atoms with Crippen molar-refractivity contribution in [3.63, 3.8) is 0 Å². The van der Waals surface area contributed by atoms with E-state index in [0.29, 0.717) is 18.9 Å². The van der Waals surface area contributed by atoms with Gasteiger partial charge in [-0.05, 0) is 40.4 Å². The molecule has 0 unspecified atom stereocenters. The average Bonchev–Trinajstić information content (AvgIpc) is 2.32. The molecule has 100 valence electrons. The van der Waals surface area contributed by atoms with Crippen molar-refractivity contribution in [2.75, 3.05) is 18.4 Å². The Morgan fingerprint density at radius 1 is 1.50 bits per heavy atom. The SMILES string of the molecule is Cc1ccnc(NCCC(=O)NCC(C)C)c1Br. The van der Waals surface area contributed by atoms with E-state index in [1.807, 2.05) is 13.0 Å². The first-order valence-corrected chi connectivity index (χ1v) is 6.91. The second kappa shape index (κ2) is 7.36. The summed E-state index contributed by atoms with van der Waals surface area (Å²) in [6, 6.07) is 1.94. The Morgan fingerprint density at radius 3 is 2.89 bits per heavy atom. The molecule has 0 radical (unpaired) electrons. The smallest absolute Gasteiger partial charge is 0.221 e. The van der Waals surface area contributed by atoms with Gasteiger partial charge in [0.15, 0.2) is 0 Å². The summed E-state index contributed by atoms with van der Waals surface area (Å²) in [7, 11) is 0. The van der Waals surface area contributed by atoms with Crippen molar-refractivity contribution in [3.8, 4) is 0 Å². The number of nitrogens with zero attached hydrogens (tertiary/aromatic N) is 1. The topological polar surface area (TPSA) is 54.0 Å². The Balaban J connectivity index is 2.33. The zero-order valence-electron chi connectivity index (χ0n) is 11.1. The maximum atomic E-state index is 11.5. The molecule has 0 aliphatic carbocycles. The molecule has 1 heterocycles. The van der Waals surface area contributed by atoms with Gasteiger partial charge in [-0.2, -0.15) is 0 Å². The van der Waals surface area contributed by atoms with Crippen LogP contribution in [0.2, 0.25) is 0 Å². The quantitative estimate of drug-likeness (QED) is 0.849. The van der Waals surface area contributed by atoms with Crippen molar-refractivity contribution >= 4 is 27.7 Å². The van der Waals surface area contributed by atoms with E-state index in [1.165, 1.54) is 0 Å². The number of halogens is 1. The predicted molar refractivity (Wildman–Crippen MR) is 77.6 cm³/mol. The molecule has 0 saturated heterocycles. The molecule has 0 spiro atoms. The van der Waals surface area contributed by atoms with E-state index in [0.717, 1.165) is 22.4 Å². The van der Waals surface area contributed by atoms with Crippen molar-refractivity contribution in [2.24, 2.45) is 5.92 Å². The van der Waals surface area contributed by atoms with Crippen LogP contribution in [0.3, 0.4) is 0 Å². The minimum atomic E-state index is 0.0694. The Labute approximate surface area is 117 Å². The summed E-state index contributed by atoms with van der Waals surface area (Å²) in [4.78, 5) is 15.7. The van der Waals surface area contributed by atoms with Crippen LogP contribution >= 0.6 is 15.9 Å². The number of aromatic nitrogens is 1. The van der Waals surface area contributed by atoms with Gasteiger partial charge in [0.05, 0.1) is 4.47 Å². The van der Waals surface area contributed by atoms with Crippen molar-refractivity contribution < 1.29 is 4.79 Å². The van der Waals surface area contributed by atoms with Crippen LogP contribution in [0.25, 0.3) is 0 Å². The molecular formula is C13H20BrN3O. The van der Waals surface area contributed by atoms with Crippen LogP contribution in [0.5, 0.6) is 0 Å². The maximum absolute atomic E-state index is 11.5. The molecule has 1 aromatic heterocycles. The third-order valence-electron chi connectivity index (χ3n) is 2.43. The zero-order chi connectivity index (χ0) is 13.5. The van der Waals surface area contributed by atoms with Gasteiger partial charge >= 0.3 is 0 Å². The Hall–Kier alpha value is -1.10. The van der Waals surface area contributed by atoms with E-state index in [-0.39, 0.29) is 5.91 Å². The number of hydrogen-bond donors (Lipinski definition) is 2. The summed E-state index contributed by atoms with van der Waals surface area (Å²) >= 11 is 3.47. The fourth-order valence-electron chi connectivity index (χ4n) is 1.36. The van der Waals surface area contributed by atoms with Gasteiger partial charge in [-0.1, -0.05) is 13.8 Å². The van der Waals surface area contributed by atoms with E-state index < -0.39 is 0 Å². The number of nitrogens with one attached hydrogen (secondary N) is 2. The number of amides is 1. The van der Waals surface area contributed by atoms with Crippen LogP contribution in [0.4, 0.5) is 5.82 Å². The van der Waals surface area contributed by atoms with Gasteiger partial charge in [0.25, 0.3) is 0 Å². The number of pyridine rings is 1. The monoisotopic (exact) mass is 313 g/mol. The molecule has 1 amide bonds. The molecule has 0 bridgehead atoms. The molecule has 4 nitrogen and oxygen atoms in total. The lowest BCUT2D eigenvalue weighted by Crippen LogP contribution is -2.28. The molecule has 1 aromatic rings. The predicted octanol–water partition coefficient (Wildman–Crippen LogP) is 2.73. The molecule has 0 aromatic carbocycles. The van der Waals surface area contributed by atoms with E-state index in [4.69, 9.17) is 0 Å². The Kier molecular flexibility index (Phi) is 6.12. The largest absolute Gasteiger partial charge is 0.369 e. The molecule has 5 heteroatoms. The molecule has 2 N–H and O–H groups in total. The highest BCUT2D eigenvalue weighted by Gasteiger charge is 2.05. The second-order valence-corrected chi connectivity index (χ2v) is 5.46. The first-order chi connectivity index (χ1) is 8.50. The molecule has 18 heavy (non-hydrogen) atoms. The molecule has 0 aliphatic rings. The first-order valence-electron chi connectivity index (χ1n) is 6.12. The van der Waals surface area contributed by atoms with Crippen LogP contribution < -0.4 is 10.6 Å². The molecule has 0 saturated carbocycles. The number of carbonyl (C=O) groups is 1. The van der Waals surface area contributed by atoms with E-state index in [2.05, 4.69) is 45.4 Å². The standard InChI is InChI=1S/C13H20BrN3O/c1-9(2)8-17-11(18)5-7-16-13-12(14)10(3)4-6-15-13/h4,6,9H,5,7-8H2,1-3H3,(H,15,16)(H,17,18). The highest BCUT2D eigenvalue weighted by Crippen LogP contribution is 2.22. The van der Waals surface area contributed by atoms with Crippen molar-refractivity contribution in [2.45, 2.75) is 27.2 Å². The lowest BCUT2D eigenvalue weighted by molar-refractivity contribution is -0.120. The third kappa shape index (κ3) is 5.04. The summed E-state index contributed by atoms with van der Waals surface area (Å²) in [5.41, 5.74) is 1.12.